The predicted octanol–water partition coefficient (Wildman–Crippen LogP) is 2.48. The van der Waals surface area contributed by atoms with Crippen LogP contribution in [-0.4, -0.2) is 56.2 Å². The summed E-state index contributed by atoms with van der Waals surface area (Å²) in [6.07, 6.45) is 0.586. The summed E-state index contributed by atoms with van der Waals surface area (Å²) in [5, 5.41) is 4.29. The summed E-state index contributed by atoms with van der Waals surface area (Å²) in [7, 11) is -1.36. The van der Waals surface area contributed by atoms with Gasteiger partial charge in [0, 0.05) is 30.4 Å². The normalized spacial score (nSPS) is 19.5. The van der Waals surface area contributed by atoms with Crippen LogP contribution in [0.15, 0.2) is 18.2 Å². The summed E-state index contributed by atoms with van der Waals surface area (Å²) in [5.74, 6) is 0.341. The molecular formula is C15H21ClN2O3S2. The Hall–Kier alpha value is -0.890. The van der Waals surface area contributed by atoms with Crippen molar-refractivity contribution in [1.29, 1.82) is 0 Å². The topological polar surface area (TPSA) is 58.6 Å². The summed E-state index contributed by atoms with van der Waals surface area (Å²) in [4.78, 5) is 1.90. The highest BCUT2D eigenvalue weighted by Crippen LogP contribution is 2.22. The molecule has 1 atom stereocenters. The van der Waals surface area contributed by atoms with E-state index in [0.717, 1.165) is 11.3 Å². The van der Waals surface area contributed by atoms with Crippen molar-refractivity contribution in [3.8, 4) is 0 Å². The minimum atomic E-state index is -2.98. The molecule has 0 saturated carbocycles. The maximum atomic E-state index is 11.7. The van der Waals surface area contributed by atoms with Gasteiger partial charge in [-0.25, -0.2) is 8.42 Å². The van der Waals surface area contributed by atoms with Gasteiger partial charge in [-0.1, -0.05) is 17.7 Å². The second-order valence-corrected chi connectivity index (χ2v) is 8.66. The van der Waals surface area contributed by atoms with Crippen molar-refractivity contribution in [2.75, 3.05) is 37.1 Å². The Labute approximate surface area is 147 Å². The van der Waals surface area contributed by atoms with Crippen molar-refractivity contribution in [1.82, 2.24) is 4.90 Å². The molecule has 0 bridgehead atoms. The van der Waals surface area contributed by atoms with Crippen molar-refractivity contribution in [3.63, 3.8) is 0 Å². The molecule has 23 heavy (non-hydrogen) atoms. The summed E-state index contributed by atoms with van der Waals surface area (Å²) < 4.78 is 28.6. The average Bonchev–Trinajstić information content (AvgIpc) is 2.83. The summed E-state index contributed by atoms with van der Waals surface area (Å²) in [6.45, 7) is 2.95. The van der Waals surface area contributed by atoms with Gasteiger partial charge in [0.15, 0.2) is 14.9 Å². The number of ether oxygens (including phenoxy) is 1. The number of benzene rings is 1. The molecule has 1 aromatic carbocycles. The number of thiocarbonyl (C=S) groups is 1. The maximum absolute atomic E-state index is 11.7. The molecule has 1 heterocycles. The van der Waals surface area contributed by atoms with Crippen LogP contribution in [0.2, 0.25) is 5.02 Å². The Balaban J connectivity index is 2.11. The van der Waals surface area contributed by atoms with Gasteiger partial charge in [0.05, 0.1) is 18.1 Å². The monoisotopic (exact) mass is 376 g/mol. The molecule has 0 aliphatic carbocycles. The second-order valence-electron chi connectivity index (χ2n) is 5.64. The van der Waals surface area contributed by atoms with Crippen LogP contribution < -0.4 is 5.32 Å². The molecule has 1 saturated heterocycles. The predicted molar refractivity (Wildman–Crippen MR) is 98.1 cm³/mol. The highest BCUT2D eigenvalue weighted by atomic mass is 35.5. The van der Waals surface area contributed by atoms with E-state index in [1.165, 1.54) is 0 Å². The first-order valence-electron chi connectivity index (χ1n) is 7.35. The van der Waals surface area contributed by atoms with E-state index >= 15 is 0 Å². The molecule has 0 amide bonds. The van der Waals surface area contributed by atoms with Crippen molar-refractivity contribution >= 4 is 44.5 Å². The van der Waals surface area contributed by atoms with E-state index in [0.29, 0.717) is 29.7 Å². The van der Waals surface area contributed by atoms with E-state index in [1.807, 2.05) is 30.0 Å². The SMILES string of the molecule is COCCN(C(=S)Nc1ccc(C)c(Cl)c1)[C@@H]1CCS(=O)(=O)C1. The van der Waals surface area contributed by atoms with Gasteiger partial charge in [-0.3, -0.25) is 0 Å². The Morgan fingerprint density at radius 2 is 2.26 bits per heavy atom. The number of aryl methyl sites for hydroxylation is 1. The fourth-order valence-electron chi connectivity index (χ4n) is 2.53. The van der Waals surface area contributed by atoms with Gasteiger partial charge in [0.2, 0.25) is 0 Å². The van der Waals surface area contributed by atoms with Gasteiger partial charge in [-0.05, 0) is 43.3 Å². The van der Waals surface area contributed by atoms with Gasteiger partial charge in [-0.2, -0.15) is 0 Å². The highest BCUT2D eigenvalue weighted by Gasteiger charge is 2.33. The van der Waals surface area contributed by atoms with Crippen LogP contribution in [-0.2, 0) is 14.6 Å². The standard InChI is InChI=1S/C15H21ClN2O3S2/c1-11-3-4-12(9-14(11)16)17-15(22)18(6-7-21-2)13-5-8-23(19,20)10-13/h3-4,9,13H,5-8,10H2,1-2H3,(H,17,22)/t13-/m1/s1. The van der Waals surface area contributed by atoms with Crippen molar-refractivity contribution in [3.05, 3.63) is 28.8 Å². The third kappa shape index (κ3) is 5.04. The van der Waals surface area contributed by atoms with Crippen LogP contribution in [0.3, 0.4) is 0 Å². The molecule has 8 heteroatoms. The molecule has 1 fully saturated rings. The number of methoxy groups -OCH3 is 1. The minimum Gasteiger partial charge on any atom is -0.383 e. The number of nitrogens with one attached hydrogen (secondary N) is 1. The number of rotatable bonds is 5. The number of sulfone groups is 1. The number of anilines is 1. The molecule has 128 valence electrons. The van der Waals surface area contributed by atoms with Gasteiger partial charge < -0.3 is 15.0 Å². The van der Waals surface area contributed by atoms with Crippen molar-refractivity contribution in [2.45, 2.75) is 19.4 Å². The van der Waals surface area contributed by atoms with Crippen LogP contribution in [0.1, 0.15) is 12.0 Å². The molecule has 0 spiro atoms. The lowest BCUT2D eigenvalue weighted by molar-refractivity contribution is 0.166. The molecule has 5 nitrogen and oxygen atoms in total. The van der Waals surface area contributed by atoms with E-state index in [-0.39, 0.29) is 17.5 Å². The van der Waals surface area contributed by atoms with Crippen molar-refractivity contribution < 1.29 is 13.2 Å². The van der Waals surface area contributed by atoms with Crippen molar-refractivity contribution in [2.24, 2.45) is 0 Å². The third-order valence-electron chi connectivity index (χ3n) is 3.87. The van der Waals surface area contributed by atoms with E-state index in [4.69, 9.17) is 28.6 Å². The van der Waals surface area contributed by atoms with Gasteiger partial charge in [0.1, 0.15) is 0 Å². The largest absolute Gasteiger partial charge is 0.383 e. The molecule has 1 aliphatic rings. The average molecular weight is 377 g/mol. The van der Waals surface area contributed by atoms with Crippen LogP contribution >= 0.6 is 23.8 Å². The summed E-state index contributed by atoms with van der Waals surface area (Å²) in [6, 6.07) is 5.50. The number of halogens is 1. The zero-order valence-corrected chi connectivity index (χ0v) is 15.6. The summed E-state index contributed by atoms with van der Waals surface area (Å²) in [5.41, 5.74) is 1.77. The highest BCUT2D eigenvalue weighted by molar-refractivity contribution is 7.91. The van der Waals surface area contributed by atoms with Crippen LogP contribution in [0.25, 0.3) is 0 Å². The third-order valence-corrected chi connectivity index (χ3v) is 6.36. The molecule has 1 aromatic rings. The molecule has 1 N–H and O–H groups in total. The van der Waals surface area contributed by atoms with E-state index in [9.17, 15) is 8.42 Å². The Morgan fingerprint density at radius 1 is 1.52 bits per heavy atom. The molecule has 0 unspecified atom stereocenters. The van der Waals surface area contributed by atoms with E-state index in [1.54, 1.807) is 7.11 Å². The fraction of sp³-hybridized carbons (Fsp3) is 0.533. The summed E-state index contributed by atoms with van der Waals surface area (Å²) >= 11 is 11.6. The molecular weight excluding hydrogens is 356 g/mol. The Bertz CT molecular complexity index is 679. The fourth-order valence-corrected chi connectivity index (χ4v) is 4.80. The Kier molecular flexibility index (Phi) is 6.25. The zero-order chi connectivity index (χ0) is 17.0. The second kappa shape index (κ2) is 7.79. The molecule has 0 radical (unpaired) electrons. The molecule has 2 rings (SSSR count). The smallest absolute Gasteiger partial charge is 0.173 e. The molecule has 1 aliphatic heterocycles. The Morgan fingerprint density at radius 3 is 2.83 bits per heavy atom. The van der Waals surface area contributed by atoms with Crippen LogP contribution in [0.5, 0.6) is 0 Å². The van der Waals surface area contributed by atoms with Gasteiger partial charge in [0.25, 0.3) is 0 Å². The first-order chi connectivity index (χ1) is 10.8. The lowest BCUT2D eigenvalue weighted by Crippen LogP contribution is -2.45. The first kappa shape index (κ1) is 18.4. The van der Waals surface area contributed by atoms with Crippen LogP contribution in [0, 0.1) is 6.92 Å². The van der Waals surface area contributed by atoms with Crippen LogP contribution in [0.4, 0.5) is 5.69 Å². The lowest BCUT2D eigenvalue weighted by Gasteiger charge is -2.30. The maximum Gasteiger partial charge on any atom is 0.173 e. The minimum absolute atomic E-state index is 0.115. The number of hydrogen-bond acceptors (Lipinski definition) is 4. The zero-order valence-electron chi connectivity index (χ0n) is 13.2. The lowest BCUT2D eigenvalue weighted by atomic mass is 10.2. The quantitative estimate of drug-likeness (QED) is 0.797. The molecule has 0 aromatic heterocycles. The van der Waals surface area contributed by atoms with E-state index < -0.39 is 9.84 Å². The number of hydrogen-bond donors (Lipinski definition) is 1. The van der Waals surface area contributed by atoms with E-state index in [2.05, 4.69) is 5.32 Å². The van der Waals surface area contributed by atoms with Gasteiger partial charge in [-0.15, -0.1) is 0 Å². The van der Waals surface area contributed by atoms with Gasteiger partial charge >= 0.3 is 0 Å². The number of nitrogens with zero attached hydrogens (tertiary/aromatic N) is 1. The first-order valence-corrected chi connectivity index (χ1v) is 9.96.